The Hall–Kier alpha value is -3.13. The topological polar surface area (TPSA) is 93.1 Å². The van der Waals surface area contributed by atoms with Crippen molar-refractivity contribution in [3.63, 3.8) is 0 Å². The van der Waals surface area contributed by atoms with Crippen molar-refractivity contribution in [3.05, 3.63) is 53.6 Å². The van der Waals surface area contributed by atoms with Gasteiger partial charge in [0, 0.05) is 24.9 Å². The molecule has 1 amide bonds. The third-order valence-corrected chi connectivity index (χ3v) is 5.01. The van der Waals surface area contributed by atoms with Crippen LogP contribution in [0.1, 0.15) is 22.8 Å². The fourth-order valence-electron chi connectivity index (χ4n) is 3.23. The highest BCUT2D eigenvalue weighted by molar-refractivity contribution is 5.99. The number of carbonyl (C=O) groups excluding carboxylic acids is 1. The average Bonchev–Trinajstić information content (AvgIpc) is 2.99. The lowest BCUT2D eigenvalue weighted by atomic mass is 9.99. The first-order valence-electron chi connectivity index (χ1n) is 8.55. The van der Waals surface area contributed by atoms with Crippen LogP contribution >= 0.6 is 0 Å². The van der Waals surface area contributed by atoms with E-state index in [0.717, 1.165) is 0 Å². The number of aryl methyl sites for hydroxylation is 1. The number of β-amino-alcohol motifs (C(OH)–C–C–N with tert-alkyl or cyclic N) is 1. The molecule has 1 fully saturated rings. The molecular formula is C19H19FN4O3. The molecule has 1 aliphatic heterocycles. The van der Waals surface area contributed by atoms with E-state index in [2.05, 4.69) is 5.10 Å². The molecule has 0 bridgehead atoms. The molecule has 0 radical (unpaired) electrons. The maximum atomic E-state index is 13.7. The van der Waals surface area contributed by atoms with Gasteiger partial charge in [-0.15, -0.1) is 0 Å². The number of aliphatic hydroxyl groups excluding tert-OH is 1. The molecule has 1 saturated heterocycles. The maximum absolute atomic E-state index is 13.7. The number of likely N-dealkylation sites (tertiary alicyclic amines) is 1. The van der Waals surface area contributed by atoms with Crippen LogP contribution in [0.2, 0.25) is 0 Å². The van der Waals surface area contributed by atoms with Crippen molar-refractivity contribution in [3.8, 4) is 11.5 Å². The molecule has 3 heterocycles. The zero-order valence-electron chi connectivity index (χ0n) is 14.9. The van der Waals surface area contributed by atoms with Crippen LogP contribution in [0.3, 0.4) is 0 Å². The Labute approximate surface area is 154 Å². The lowest BCUT2D eigenvalue weighted by Gasteiger charge is -2.43. The second kappa shape index (κ2) is 6.24. The van der Waals surface area contributed by atoms with Gasteiger partial charge in [0.25, 0.3) is 5.91 Å². The minimum atomic E-state index is -0.564. The highest BCUT2D eigenvalue weighted by Crippen LogP contribution is 2.32. The quantitative estimate of drug-likeness (QED) is 0.691. The zero-order chi connectivity index (χ0) is 19.3. The summed E-state index contributed by atoms with van der Waals surface area (Å²) in [6, 6.07) is 5.64. The van der Waals surface area contributed by atoms with E-state index in [1.54, 1.807) is 40.9 Å². The van der Waals surface area contributed by atoms with Gasteiger partial charge in [-0.3, -0.25) is 4.79 Å². The Balaban J connectivity index is 1.72. The Morgan fingerprint density at radius 1 is 1.41 bits per heavy atom. The molecule has 2 aromatic heterocycles. The first-order chi connectivity index (χ1) is 12.9. The lowest BCUT2D eigenvalue weighted by molar-refractivity contribution is -0.0357. The van der Waals surface area contributed by atoms with Crippen LogP contribution in [0.5, 0.6) is 11.5 Å². The molecule has 2 atom stereocenters. The van der Waals surface area contributed by atoms with Gasteiger partial charge in [0.1, 0.15) is 17.1 Å². The predicted molar refractivity (Wildman–Crippen MR) is 97.3 cm³/mol. The normalized spacial score (nSPS) is 19.2. The van der Waals surface area contributed by atoms with Crippen LogP contribution in [0, 0.1) is 12.7 Å². The van der Waals surface area contributed by atoms with Crippen molar-refractivity contribution in [1.29, 1.82) is 0 Å². The number of carbonyl (C=O) groups is 1. The number of ether oxygens (including phenoxy) is 1. The zero-order valence-corrected chi connectivity index (χ0v) is 14.9. The van der Waals surface area contributed by atoms with Gasteiger partial charge < -0.3 is 20.5 Å². The summed E-state index contributed by atoms with van der Waals surface area (Å²) in [7, 11) is 0. The van der Waals surface area contributed by atoms with Crippen molar-refractivity contribution >= 4 is 17.1 Å². The molecule has 140 valence electrons. The number of fused-ring (bicyclic) bond motifs is 1. The highest BCUT2D eigenvalue weighted by atomic mass is 19.1. The summed E-state index contributed by atoms with van der Waals surface area (Å²) in [6.45, 7) is 3.92. The number of rotatable bonds is 3. The summed E-state index contributed by atoms with van der Waals surface area (Å²) in [5.74, 6) is 0.0105. The van der Waals surface area contributed by atoms with Gasteiger partial charge in [-0.1, -0.05) is 0 Å². The molecule has 3 N–H and O–H groups in total. The van der Waals surface area contributed by atoms with Crippen LogP contribution in [0.15, 0.2) is 36.7 Å². The smallest absolute Gasteiger partial charge is 0.256 e. The lowest BCUT2D eigenvalue weighted by Crippen LogP contribution is -2.60. The minimum absolute atomic E-state index is 0.0415. The summed E-state index contributed by atoms with van der Waals surface area (Å²) in [4.78, 5) is 14.4. The summed E-state index contributed by atoms with van der Waals surface area (Å²) in [6.07, 6.45) is 2.68. The third-order valence-electron chi connectivity index (χ3n) is 5.01. The molecule has 0 unspecified atom stereocenters. The summed E-state index contributed by atoms with van der Waals surface area (Å²) >= 11 is 0. The van der Waals surface area contributed by atoms with Crippen molar-refractivity contribution < 1.29 is 19.0 Å². The molecule has 27 heavy (non-hydrogen) atoms. The summed E-state index contributed by atoms with van der Waals surface area (Å²) in [5.41, 5.74) is 7.34. The number of nitrogens with zero attached hydrogens (tertiary/aromatic N) is 3. The molecule has 1 aromatic carbocycles. The van der Waals surface area contributed by atoms with Gasteiger partial charge in [0.2, 0.25) is 0 Å². The molecule has 0 saturated carbocycles. The largest absolute Gasteiger partial charge is 0.455 e. The van der Waals surface area contributed by atoms with E-state index in [9.17, 15) is 14.3 Å². The Morgan fingerprint density at radius 2 is 2.19 bits per heavy atom. The first-order valence-corrected chi connectivity index (χ1v) is 8.55. The molecule has 3 aromatic rings. The number of halogens is 1. The monoisotopic (exact) mass is 370 g/mol. The van der Waals surface area contributed by atoms with Crippen molar-refractivity contribution in [2.24, 2.45) is 0 Å². The summed E-state index contributed by atoms with van der Waals surface area (Å²) < 4.78 is 21.1. The van der Waals surface area contributed by atoms with Gasteiger partial charge in [-0.2, -0.15) is 5.10 Å². The molecule has 8 heteroatoms. The van der Waals surface area contributed by atoms with Crippen molar-refractivity contribution in [1.82, 2.24) is 14.5 Å². The first kappa shape index (κ1) is 17.3. The molecule has 0 aliphatic carbocycles. The second-order valence-corrected chi connectivity index (χ2v) is 6.71. The summed E-state index contributed by atoms with van der Waals surface area (Å²) in [5, 5.41) is 13.9. The van der Waals surface area contributed by atoms with E-state index in [1.165, 1.54) is 12.1 Å². The Bertz CT molecular complexity index is 1050. The van der Waals surface area contributed by atoms with Crippen LogP contribution in [-0.4, -0.2) is 44.2 Å². The average molecular weight is 370 g/mol. The van der Waals surface area contributed by atoms with E-state index in [1.807, 2.05) is 6.92 Å². The van der Waals surface area contributed by atoms with E-state index >= 15 is 0 Å². The fraction of sp³-hybridized carbons (Fsp3) is 0.263. The molecule has 1 aliphatic rings. The van der Waals surface area contributed by atoms with Gasteiger partial charge in [-0.25, -0.2) is 8.91 Å². The Kier molecular flexibility index (Phi) is 4.00. The van der Waals surface area contributed by atoms with Gasteiger partial charge >= 0.3 is 0 Å². The molecular weight excluding hydrogens is 351 g/mol. The standard InChI is InChI=1S/C19H19FN4O3/c1-10-13(19(26)23-9-16(25)11(23)2)8-24-18(10)17(5-6-22-24)27-12-3-4-15(21)14(20)7-12/h3-8,11,16,25H,9,21H2,1-2H3/t11-,16-/m1/s1. The van der Waals surface area contributed by atoms with E-state index in [0.29, 0.717) is 34.7 Å². The van der Waals surface area contributed by atoms with Gasteiger partial charge in [0.05, 0.1) is 29.6 Å². The number of aromatic nitrogens is 2. The Morgan fingerprint density at radius 3 is 2.85 bits per heavy atom. The van der Waals surface area contributed by atoms with Gasteiger partial charge in [-0.05, 0) is 31.5 Å². The number of benzene rings is 1. The SMILES string of the molecule is Cc1c(C(=O)N2C[C@@H](O)[C@H]2C)cn2nccc(Oc3ccc(N)c(F)c3)c12. The minimum Gasteiger partial charge on any atom is -0.455 e. The maximum Gasteiger partial charge on any atom is 0.256 e. The van der Waals surface area contributed by atoms with E-state index < -0.39 is 11.9 Å². The number of nitrogens with two attached hydrogens (primary N) is 1. The number of hydrogen-bond donors (Lipinski definition) is 2. The van der Waals surface area contributed by atoms with Crippen LogP contribution < -0.4 is 10.5 Å². The second-order valence-electron chi connectivity index (χ2n) is 6.71. The third kappa shape index (κ3) is 2.78. The highest BCUT2D eigenvalue weighted by Gasteiger charge is 2.38. The molecule has 4 rings (SSSR count). The predicted octanol–water partition coefficient (Wildman–Crippen LogP) is 2.36. The number of hydrogen-bond acceptors (Lipinski definition) is 5. The van der Waals surface area contributed by atoms with E-state index in [4.69, 9.17) is 10.5 Å². The van der Waals surface area contributed by atoms with Crippen LogP contribution in [0.25, 0.3) is 5.52 Å². The fourth-order valence-corrected chi connectivity index (χ4v) is 3.23. The van der Waals surface area contributed by atoms with Crippen LogP contribution in [0.4, 0.5) is 10.1 Å². The van der Waals surface area contributed by atoms with Crippen molar-refractivity contribution in [2.45, 2.75) is 26.0 Å². The van der Waals surface area contributed by atoms with Crippen molar-refractivity contribution in [2.75, 3.05) is 12.3 Å². The number of nitrogen functional groups attached to an aromatic ring is 1. The molecule has 0 spiro atoms. The number of amides is 1. The number of aliphatic hydroxyl groups is 1. The van der Waals surface area contributed by atoms with Crippen LogP contribution in [-0.2, 0) is 0 Å². The van der Waals surface area contributed by atoms with Gasteiger partial charge in [0.15, 0.2) is 5.75 Å². The molecule has 7 nitrogen and oxygen atoms in total. The number of anilines is 1. The van der Waals surface area contributed by atoms with E-state index in [-0.39, 0.29) is 17.6 Å².